The minimum atomic E-state index is -4.69. The quantitative estimate of drug-likeness (QED) is 0.838. The van der Waals surface area contributed by atoms with Gasteiger partial charge in [0.1, 0.15) is 4.75 Å². The van der Waals surface area contributed by atoms with E-state index in [2.05, 4.69) is 4.98 Å². The fourth-order valence-electron chi connectivity index (χ4n) is 1.20. The third-order valence-electron chi connectivity index (χ3n) is 2.22. The Morgan fingerprint density at radius 3 is 2.25 bits per heavy atom. The van der Waals surface area contributed by atoms with Gasteiger partial charge in [0, 0.05) is 17.6 Å². The maximum atomic E-state index is 13.1. The summed E-state index contributed by atoms with van der Waals surface area (Å²) in [6.45, 7) is 4.67. The molecule has 0 aliphatic carbocycles. The second-order valence-electron chi connectivity index (χ2n) is 4.99. The molecule has 2 atom stereocenters. The minimum Gasteiger partial charge on any atom is -0.598 e. The van der Waals surface area contributed by atoms with Crippen molar-refractivity contribution in [2.24, 2.45) is 0 Å². The lowest BCUT2D eigenvalue weighted by molar-refractivity contribution is -0.153. The van der Waals surface area contributed by atoms with Crippen molar-refractivity contribution >= 4 is 34.6 Å². The summed E-state index contributed by atoms with van der Waals surface area (Å²) in [4.78, 5) is 3.60. The molecule has 20 heavy (non-hydrogen) atoms. The van der Waals surface area contributed by atoms with Crippen molar-refractivity contribution in [3.8, 4) is 0 Å². The number of aromatic nitrogens is 1. The highest BCUT2D eigenvalue weighted by Crippen LogP contribution is 2.37. The van der Waals surface area contributed by atoms with Crippen LogP contribution in [0.1, 0.15) is 32.5 Å². The molecule has 0 amide bonds. The minimum absolute atomic E-state index is 0.122. The summed E-state index contributed by atoms with van der Waals surface area (Å²) < 4.78 is 52.4. The molecule has 0 aliphatic rings. The number of pyridine rings is 1. The van der Waals surface area contributed by atoms with Gasteiger partial charge in [0.05, 0.1) is 15.7 Å². The largest absolute Gasteiger partial charge is 0.598 e. The zero-order valence-corrected chi connectivity index (χ0v) is 13.2. The van der Waals surface area contributed by atoms with Crippen LogP contribution in [0.5, 0.6) is 0 Å². The fraction of sp³-hybridized carbons (Fsp3) is 0.545. The average Bonchev–Trinajstić information content (AvgIpc) is 2.23. The van der Waals surface area contributed by atoms with Gasteiger partial charge in [-0.05, 0) is 26.8 Å². The van der Waals surface area contributed by atoms with Crippen LogP contribution in [0.3, 0.4) is 0 Å². The summed E-state index contributed by atoms with van der Waals surface area (Å²) >= 11 is 9.42. The van der Waals surface area contributed by atoms with Gasteiger partial charge in [0.15, 0.2) is 6.04 Å². The first-order chi connectivity index (χ1) is 8.93. The Morgan fingerprint density at radius 2 is 1.85 bits per heavy atom. The van der Waals surface area contributed by atoms with Crippen molar-refractivity contribution in [2.45, 2.75) is 37.7 Å². The van der Waals surface area contributed by atoms with Gasteiger partial charge in [-0.25, -0.2) is 0 Å². The molecule has 0 unspecified atom stereocenters. The summed E-state index contributed by atoms with van der Waals surface area (Å²) in [5, 5.41) is -0.116. The van der Waals surface area contributed by atoms with E-state index in [0.717, 1.165) is 12.3 Å². The van der Waals surface area contributed by atoms with E-state index in [1.807, 2.05) is 4.72 Å². The van der Waals surface area contributed by atoms with E-state index in [-0.39, 0.29) is 10.0 Å². The maximum absolute atomic E-state index is 13.1. The lowest BCUT2D eigenvalue weighted by Crippen LogP contribution is -2.46. The molecular weight excluding hydrogens is 336 g/mol. The van der Waals surface area contributed by atoms with E-state index < -0.39 is 34.0 Å². The predicted octanol–water partition coefficient (Wildman–Crippen LogP) is 4.04. The van der Waals surface area contributed by atoms with Crippen molar-refractivity contribution in [1.82, 2.24) is 9.71 Å². The zero-order valence-electron chi connectivity index (χ0n) is 10.9. The van der Waals surface area contributed by atoms with Gasteiger partial charge in [-0.3, -0.25) is 4.98 Å². The number of nitrogens with one attached hydrogen (secondary N) is 1. The smallest absolute Gasteiger partial charge is 0.413 e. The highest BCUT2D eigenvalue weighted by atomic mass is 35.5. The van der Waals surface area contributed by atoms with Crippen LogP contribution < -0.4 is 4.72 Å². The molecule has 0 spiro atoms. The molecule has 0 saturated heterocycles. The average molecular weight is 349 g/mol. The zero-order chi connectivity index (χ0) is 15.7. The summed E-state index contributed by atoms with van der Waals surface area (Å²) in [5.74, 6) is 0. The number of alkyl halides is 3. The standard InChI is InChI=1S/C11H13Cl2F3N2OS/c1-10(2,3)20(19)18-9(11(14,15)16)8-7(13)4-6(12)5-17-8/h4-5,9,18H,1-3H3/t9-,20+/m1/s1. The summed E-state index contributed by atoms with van der Waals surface area (Å²) in [5.41, 5.74) is -0.457. The van der Waals surface area contributed by atoms with Gasteiger partial charge in [0.2, 0.25) is 0 Å². The molecule has 1 aromatic rings. The van der Waals surface area contributed by atoms with Gasteiger partial charge < -0.3 is 4.55 Å². The fourth-order valence-corrected chi connectivity index (χ4v) is 2.50. The Morgan fingerprint density at radius 1 is 1.30 bits per heavy atom. The summed E-state index contributed by atoms with van der Waals surface area (Å²) in [6.07, 6.45) is -3.63. The van der Waals surface area contributed by atoms with E-state index in [9.17, 15) is 17.7 Å². The highest BCUT2D eigenvalue weighted by Gasteiger charge is 2.47. The molecule has 0 saturated carbocycles. The monoisotopic (exact) mass is 348 g/mol. The van der Waals surface area contributed by atoms with Crippen LogP contribution in [-0.4, -0.2) is 20.5 Å². The molecule has 1 heterocycles. The molecule has 0 aliphatic heterocycles. The summed E-state index contributed by atoms with van der Waals surface area (Å²) in [6, 6.07) is -1.07. The van der Waals surface area contributed by atoms with E-state index in [1.165, 1.54) is 0 Å². The van der Waals surface area contributed by atoms with Crippen molar-refractivity contribution in [3.63, 3.8) is 0 Å². The van der Waals surface area contributed by atoms with Crippen LogP contribution in [-0.2, 0) is 11.4 Å². The van der Waals surface area contributed by atoms with Gasteiger partial charge in [-0.15, -0.1) is 4.72 Å². The Balaban J connectivity index is 3.14. The number of nitrogens with zero attached hydrogens (tertiary/aromatic N) is 1. The normalized spacial score (nSPS) is 16.1. The van der Waals surface area contributed by atoms with Gasteiger partial charge >= 0.3 is 6.18 Å². The van der Waals surface area contributed by atoms with Crippen LogP contribution in [0.2, 0.25) is 10.0 Å². The van der Waals surface area contributed by atoms with Crippen LogP contribution in [0.15, 0.2) is 12.3 Å². The van der Waals surface area contributed by atoms with Crippen molar-refractivity contribution in [2.75, 3.05) is 0 Å². The Kier molecular flexibility index (Phi) is 5.60. The van der Waals surface area contributed by atoms with Crippen molar-refractivity contribution in [1.29, 1.82) is 0 Å². The van der Waals surface area contributed by atoms with E-state index >= 15 is 0 Å². The number of hydrogen-bond donors (Lipinski definition) is 1. The molecule has 0 aromatic carbocycles. The lowest BCUT2D eigenvalue weighted by Gasteiger charge is -2.29. The van der Waals surface area contributed by atoms with Gasteiger partial charge in [0.25, 0.3) is 0 Å². The molecule has 1 aromatic heterocycles. The third kappa shape index (κ3) is 4.66. The SMILES string of the molecule is CC(C)(C)[S@+]([O-])N[C@H](c1ncc(Cl)cc1Cl)C(F)(F)F. The number of hydrogen-bond acceptors (Lipinski definition) is 3. The molecule has 114 valence electrons. The van der Waals surface area contributed by atoms with Crippen LogP contribution in [0.25, 0.3) is 0 Å². The predicted molar refractivity (Wildman–Crippen MR) is 74.1 cm³/mol. The Bertz CT molecular complexity index is 480. The molecular formula is C11H13Cl2F3N2OS. The Hall–Kier alpha value is -0.210. The first-order valence-corrected chi connectivity index (χ1v) is 7.39. The first-order valence-electron chi connectivity index (χ1n) is 5.48. The second-order valence-corrected chi connectivity index (χ2v) is 7.84. The molecule has 3 nitrogen and oxygen atoms in total. The summed E-state index contributed by atoms with van der Waals surface area (Å²) in [7, 11) is 0. The molecule has 0 fully saturated rings. The molecule has 9 heteroatoms. The van der Waals surface area contributed by atoms with Crippen LogP contribution in [0, 0.1) is 0 Å². The maximum Gasteiger partial charge on any atom is 0.413 e. The third-order valence-corrected chi connectivity index (χ3v) is 4.29. The van der Waals surface area contributed by atoms with Gasteiger partial charge in [-0.2, -0.15) is 13.2 Å². The number of rotatable bonds is 3. The van der Waals surface area contributed by atoms with Crippen LogP contribution >= 0.6 is 23.2 Å². The molecule has 0 radical (unpaired) electrons. The van der Waals surface area contributed by atoms with Crippen molar-refractivity contribution < 1.29 is 17.7 Å². The van der Waals surface area contributed by atoms with E-state index in [1.54, 1.807) is 20.8 Å². The second kappa shape index (κ2) is 6.27. The number of halogens is 5. The van der Waals surface area contributed by atoms with E-state index in [4.69, 9.17) is 23.2 Å². The highest BCUT2D eigenvalue weighted by molar-refractivity contribution is 7.90. The molecule has 0 bridgehead atoms. The van der Waals surface area contributed by atoms with E-state index in [0.29, 0.717) is 0 Å². The van der Waals surface area contributed by atoms with Crippen LogP contribution in [0.4, 0.5) is 13.2 Å². The topological polar surface area (TPSA) is 48.0 Å². The molecule has 1 rings (SSSR count). The lowest BCUT2D eigenvalue weighted by atomic mass is 10.2. The van der Waals surface area contributed by atoms with Gasteiger partial charge in [-0.1, -0.05) is 23.2 Å². The Labute approximate surface area is 128 Å². The van der Waals surface area contributed by atoms with Crippen molar-refractivity contribution in [3.05, 3.63) is 28.0 Å². The first kappa shape index (κ1) is 17.8. The molecule has 1 N–H and O–H groups in total.